The molecule has 5 nitrogen and oxygen atoms in total. The highest BCUT2D eigenvalue weighted by atomic mass is 35.5. The summed E-state index contributed by atoms with van der Waals surface area (Å²) < 4.78 is 26.9. The first-order valence-corrected chi connectivity index (χ1v) is 10.4. The Hall–Kier alpha value is -2.54. The fraction of sp³-hybridized carbons (Fsp3) is 0.0500. The number of sulfonamides is 1. The molecular formula is C20H16Cl2N2O3S. The fourth-order valence-electron chi connectivity index (χ4n) is 2.64. The average Bonchev–Trinajstić information content (AvgIpc) is 2.67. The third kappa shape index (κ3) is 4.30. The molecule has 0 aliphatic rings. The highest BCUT2D eigenvalue weighted by Crippen LogP contribution is 2.27. The molecule has 0 saturated carbocycles. The highest BCUT2D eigenvalue weighted by molar-refractivity contribution is 7.92. The zero-order chi connectivity index (χ0) is 20.3. The Morgan fingerprint density at radius 3 is 2.11 bits per heavy atom. The number of hydrogen-bond donors (Lipinski definition) is 1. The van der Waals surface area contributed by atoms with Crippen LogP contribution in [0.4, 0.5) is 11.4 Å². The summed E-state index contributed by atoms with van der Waals surface area (Å²) in [4.78, 5) is 12.9. The molecule has 1 N–H and O–H groups in total. The van der Waals surface area contributed by atoms with Crippen molar-refractivity contribution in [1.82, 2.24) is 0 Å². The molecule has 0 heterocycles. The van der Waals surface area contributed by atoms with Gasteiger partial charge in [0.2, 0.25) is 0 Å². The lowest BCUT2D eigenvalue weighted by atomic mass is 10.1. The molecule has 0 atom stereocenters. The van der Waals surface area contributed by atoms with Crippen LogP contribution in [0.5, 0.6) is 0 Å². The van der Waals surface area contributed by atoms with E-state index in [-0.39, 0.29) is 16.1 Å². The summed E-state index contributed by atoms with van der Waals surface area (Å²) in [6.45, 7) is 0. The molecule has 0 saturated heterocycles. The molecule has 0 radical (unpaired) electrons. The molecule has 0 fully saturated rings. The van der Waals surface area contributed by atoms with Crippen molar-refractivity contribution in [3.05, 3.63) is 88.4 Å². The monoisotopic (exact) mass is 434 g/mol. The van der Waals surface area contributed by atoms with Crippen LogP contribution in [0.2, 0.25) is 10.0 Å². The van der Waals surface area contributed by atoms with Gasteiger partial charge in [0, 0.05) is 22.8 Å². The predicted molar refractivity (Wildman–Crippen MR) is 113 cm³/mol. The number of carbonyl (C=O) groups excluding carboxylic acids is 1. The van der Waals surface area contributed by atoms with Crippen molar-refractivity contribution in [1.29, 1.82) is 0 Å². The van der Waals surface area contributed by atoms with Crippen LogP contribution in [0.1, 0.15) is 10.4 Å². The quantitative estimate of drug-likeness (QED) is 0.609. The van der Waals surface area contributed by atoms with Gasteiger partial charge in [-0.1, -0.05) is 53.5 Å². The molecular weight excluding hydrogens is 419 g/mol. The van der Waals surface area contributed by atoms with Gasteiger partial charge >= 0.3 is 0 Å². The Kier molecular flexibility index (Phi) is 5.93. The van der Waals surface area contributed by atoms with Crippen molar-refractivity contribution < 1.29 is 13.2 Å². The Bertz CT molecular complexity index is 1100. The van der Waals surface area contributed by atoms with E-state index in [9.17, 15) is 13.2 Å². The van der Waals surface area contributed by atoms with Crippen LogP contribution in [0.3, 0.4) is 0 Å². The number of benzene rings is 3. The summed E-state index contributed by atoms with van der Waals surface area (Å²) in [6.07, 6.45) is 0. The second-order valence-corrected chi connectivity index (χ2v) is 8.76. The Labute approximate surface area is 173 Å². The molecule has 3 rings (SSSR count). The number of para-hydroxylation sites is 1. The van der Waals surface area contributed by atoms with Gasteiger partial charge in [0.05, 0.1) is 16.1 Å². The van der Waals surface area contributed by atoms with Crippen LogP contribution in [0.25, 0.3) is 0 Å². The smallest absolute Gasteiger partial charge is 0.264 e. The maximum Gasteiger partial charge on any atom is 0.264 e. The topological polar surface area (TPSA) is 66.5 Å². The van der Waals surface area contributed by atoms with Gasteiger partial charge in [-0.2, -0.15) is 0 Å². The maximum atomic E-state index is 12.9. The number of nitrogens with one attached hydrogen (secondary N) is 1. The number of carbonyl (C=O) groups is 1. The van der Waals surface area contributed by atoms with Gasteiger partial charge in [0.15, 0.2) is 0 Å². The molecule has 3 aromatic carbocycles. The first-order valence-electron chi connectivity index (χ1n) is 8.19. The van der Waals surface area contributed by atoms with E-state index < -0.39 is 15.9 Å². The van der Waals surface area contributed by atoms with Crippen molar-refractivity contribution in [2.24, 2.45) is 0 Å². The minimum absolute atomic E-state index is 0.134. The van der Waals surface area contributed by atoms with Crippen LogP contribution in [0, 0.1) is 0 Å². The molecule has 0 unspecified atom stereocenters. The Morgan fingerprint density at radius 1 is 0.893 bits per heavy atom. The van der Waals surface area contributed by atoms with E-state index in [1.807, 2.05) is 0 Å². The van der Waals surface area contributed by atoms with Gasteiger partial charge in [0.1, 0.15) is 0 Å². The third-order valence-electron chi connectivity index (χ3n) is 4.01. The largest absolute Gasteiger partial charge is 0.322 e. The zero-order valence-corrected chi connectivity index (χ0v) is 17.1. The second-order valence-electron chi connectivity index (χ2n) is 5.91. The number of hydrogen-bond acceptors (Lipinski definition) is 3. The molecule has 28 heavy (non-hydrogen) atoms. The van der Waals surface area contributed by atoms with Crippen molar-refractivity contribution in [2.75, 3.05) is 16.7 Å². The van der Waals surface area contributed by atoms with Crippen LogP contribution in [-0.4, -0.2) is 21.4 Å². The molecule has 0 aliphatic carbocycles. The van der Waals surface area contributed by atoms with Crippen LogP contribution >= 0.6 is 23.2 Å². The van der Waals surface area contributed by atoms with E-state index in [1.165, 1.54) is 19.2 Å². The zero-order valence-electron chi connectivity index (χ0n) is 14.8. The van der Waals surface area contributed by atoms with Crippen LogP contribution < -0.4 is 9.62 Å². The predicted octanol–water partition coefficient (Wildman–Crippen LogP) is 5.07. The van der Waals surface area contributed by atoms with E-state index in [2.05, 4.69) is 5.32 Å². The van der Waals surface area contributed by atoms with E-state index in [0.717, 1.165) is 4.31 Å². The Morgan fingerprint density at radius 2 is 1.46 bits per heavy atom. The standard InChI is InChI=1S/C20H16Cl2N2O3S/c1-24(28(26,27)17-7-3-2-4-8-17)19-10-6-5-9-18(19)20(25)23-16-12-14(21)11-15(22)13-16/h2-13H,1H3,(H,23,25). The highest BCUT2D eigenvalue weighted by Gasteiger charge is 2.24. The number of nitrogens with zero attached hydrogens (tertiary/aromatic N) is 1. The lowest BCUT2D eigenvalue weighted by Crippen LogP contribution is -2.29. The Balaban J connectivity index is 1.96. The molecule has 0 aliphatic heterocycles. The van der Waals surface area contributed by atoms with Crippen LogP contribution in [-0.2, 0) is 10.0 Å². The summed E-state index contributed by atoms with van der Waals surface area (Å²) in [7, 11) is -2.42. The van der Waals surface area contributed by atoms with E-state index in [4.69, 9.17) is 23.2 Å². The molecule has 144 valence electrons. The second kappa shape index (κ2) is 8.22. The SMILES string of the molecule is CN(c1ccccc1C(=O)Nc1cc(Cl)cc(Cl)c1)S(=O)(=O)c1ccccc1. The van der Waals surface area contributed by atoms with E-state index >= 15 is 0 Å². The normalized spacial score (nSPS) is 11.1. The summed E-state index contributed by atoms with van der Waals surface area (Å²) >= 11 is 11.9. The average molecular weight is 435 g/mol. The van der Waals surface area contributed by atoms with E-state index in [0.29, 0.717) is 15.7 Å². The van der Waals surface area contributed by atoms with Crippen LogP contribution in [0.15, 0.2) is 77.7 Å². The fourth-order valence-corrected chi connectivity index (χ4v) is 4.41. The number of amides is 1. The minimum Gasteiger partial charge on any atom is -0.322 e. The molecule has 8 heteroatoms. The summed E-state index contributed by atoms with van der Waals surface area (Å²) in [5.74, 6) is -0.482. The lowest BCUT2D eigenvalue weighted by molar-refractivity contribution is 0.102. The maximum absolute atomic E-state index is 12.9. The van der Waals surface area contributed by atoms with Gasteiger partial charge in [-0.3, -0.25) is 9.10 Å². The van der Waals surface area contributed by atoms with Crippen molar-refractivity contribution >= 4 is 50.5 Å². The van der Waals surface area contributed by atoms with Gasteiger partial charge in [0.25, 0.3) is 15.9 Å². The van der Waals surface area contributed by atoms with Gasteiger partial charge in [-0.15, -0.1) is 0 Å². The van der Waals surface area contributed by atoms with Gasteiger partial charge in [-0.05, 0) is 42.5 Å². The summed E-state index contributed by atoms with van der Waals surface area (Å²) in [5, 5.41) is 3.45. The summed E-state index contributed by atoms with van der Waals surface area (Å²) in [6, 6.07) is 19.1. The van der Waals surface area contributed by atoms with Crippen molar-refractivity contribution in [3.8, 4) is 0 Å². The molecule has 0 spiro atoms. The summed E-state index contributed by atoms with van der Waals surface area (Å²) in [5.41, 5.74) is 0.850. The lowest BCUT2D eigenvalue weighted by Gasteiger charge is -2.22. The van der Waals surface area contributed by atoms with Gasteiger partial charge in [-0.25, -0.2) is 8.42 Å². The molecule has 0 bridgehead atoms. The minimum atomic E-state index is -3.82. The molecule has 0 aromatic heterocycles. The number of rotatable bonds is 5. The van der Waals surface area contributed by atoms with Crippen molar-refractivity contribution in [3.63, 3.8) is 0 Å². The third-order valence-corrected chi connectivity index (χ3v) is 6.23. The molecule has 1 amide bonds. The number of anilines is 2. The number of halogens is 2. The molecule has 3 aromatic rings. The first kappa shape index (κ1) is 20.2. The van der Waals surface area contributed by atoms with E-state index in [1.54, 1.807) is 60.7 Å². The van der Waals surface area contributed by atoms with Gasteiger partial charge < -0.3 is 5.32 Å². The van der Waals surface area contributed by atoms with Crippen molar-refractivity contribution in [2.45, 2.75) is 4.90 Å². The first-order chi connectivity index (χ1) is 13.3.